The summed E-state index contributed by atoms with van der Waals surface area (Å²) in [6.07, 6.45) is 8.26. The quantitative estimate of drug-likeness (QED) is 0.631. The zero-order valence-electron chi connectivity index (χ0n) is 12.4. The van der Waals surface area contributed by atoms with Gasteiger partial charge in [-0.15, -0.1) is 0 Å². The average Bonchev–Trinajstić information content (AvgIpc) is 2.19. The van der Waals surface area contributed by atoms with Crippen LogP contribution in [-0.4, -0.2) is 11.4 Å². The summed E-state index contributed by atoms with van der Waals surface area (Å²) in [5.74, 6) is 0.871. The number of hydrogen-bond acceptors (Lipinski definition) is 1. The van der Waals surface area contributed by atoms with Crippen LogP contribution in [0, 0.1) is 5.92 Å². The Bertz CT molecular complexity index is 205. The molecular formula is C15H31NO. The fraction of sp³-hybridized carbons (Fsp3) is 0.933. The van der Waals surface area contributed by atoms with Crippen LogP contribution in [0.5, 0.6) is 0 Å². The van der Waals surface area contributed by atoms with E-state index in [1.54, 1.807) is 0 Å². The van der Waals surface area contributed by atoms with Crippen LogP contribution in [0.4, 0.5) is 0 Å². The van der Waals surface area contributed by atoms with Crippen molar-refractivity contribution >= 4 is 5.91 Å². The molecule has 1 N–H and O–H groups in total. The fourth-order valence-corrected chi connectivity index (χ4v) is 1.92. The molecule has 0 rings (SSSR count). The molecule has 1 unspecified atom stereocenters. The molecule has 0 aromatic carbocycles. The molecule has 0 heterocycles. The van der Waals surface area contributed by atoms with Crippen molar-refractivity contribution in [2.75, 3.05) is 0 Å². The molecular weight excluding hydrogens is 210 g/mol. The second kappa shape index (κ2) is 8.54. The van der Waals surface area contributed by atoms with Crippen molar-refractivity contribution in [3.8, 4) is 0 Å². The number of carbonyl (C=O) groups is 1. The van der Waals surface area contributed by atoms with Gasteiger partial charge in [0.05, 0.1) is 0 Å². The summed E-state index contributed by atoms with van der Waals surface area (Å²) in [5.41, 5.74) is -0.0958. The summed E-state index contributed by atoms with van der Waals surface area (Å²) in [6, 6.07) is 0. The maximum absolute atomic E-state index is 11.6. The van der Waals surface area contributed by atoms with Crippen LogP contribution in [0.3, 0.4) is 0 Å². The Morgan fingerprint density at radius 2 is 1.76 bits per heavy atom. The van der Waals surface area contributed by atoms with Crippen molar-refractivity contribution in [1.82, 2.24) is 5.32 Å². The highest BCUT2D eigenvalue weighted by atomic mass is 16.1. The first kappa shape index (κ1) is 16.5. The smallest absolute Gasteiger partial charge is 0.220 e. The molecule has 0 fully saturated rings. The van der Waals surface area contributed by atoms with E-state index >= 15 is 0 Å². The molecule has 0 saturated heterocycles. The van der Waals surface area contributed by atoms with Crippen molar-refractivity contribution in [3.05, 3.63) is 0 Å². The molecule has 17 heavy (non-hydrogen) atoms. The summed E-state index contributed by atoms with van der Waals surface area (Å²) >= 11 is 0. The third-order valence-corrected chi connectivity index (χ3v) is 2.93. The molecule has 0 aliphatic carbocycles. The van der Waals surface area contributed by atoms with Crippen LogP contribution in [0.25, 0.3) is 0 Å². The molecule has 0 saturated carbocycles. The van der Waals surface area contributed by atoms with Crippen LogP contribution in [0.15, 0.2) is 0 Å². The Morgan fingerprint density at radius 3 is 2.29 bits per heavy atom. The number of amides is 1. The maximum Gasteiger partial charge on any atom is 0.220 e. The lowest BCUT2D eigenvalue weighted by molar-refractivity contribution is -0.122. The Morgan fingerprint density at radius 1 is 1.12 bits per heavy atom. The second-order valence-electron chi connectivity index (χ2n) is 6.29. The standard InChI is InChI=1S/C15H31NO/c1-6-7-8-9-10-13(2)11-12-14(17)16-15(3,4)5/h13H,6-12H2,1-5H3,(H,16,17). The lowest BCUT2D eigenvalue weighted by Gasteiger charge is -2.21. The largest absolute Gasteiger partial charge is 0.352 e. The number of hydrogen-bond donors (Lipinski definition) is 1. The summed E-state index contributed by atoms with van der Waals surface area (Å²) in [7, 11) is 0. The molecule has 0 bridgehead atoms. The van der Waals surface area contributed by atoms with Gasteiger partial charge in [-0.25, -0.2) is 0 Å². The Kier molecular flexibility index (Phi) is 8.28. The van der Waals surface area contributed by atoms with Crippen molar-refractivity contribution in [2.45, 2.75) is 85.1 Å². The van der Waals surface area contributed by atoms with Gasteiger partial charge >= 0.3 is 0 Å². The second-order valence-corrected chi connectivity index (χ2v) is 6.29. The van der Waals surface area contributed by atoms with Gasteiger partial charge in [0.2, 0.25) is 5.91 Å². The first-order valence-electron chi connectivity index (χ1n) is 7.16. The number of carbonyl (C=O) groups excluding carboxylic acids is 1. The zero-order chi connectivity index (χ0) is 13.3. The van der Waals surface area contributed by atoms with E-state index in [4.69, 9.17) is 0 Å². The first-order chi connectivity index (χ1) is 7.85. The highest BCUT2D eigenvalue weighted by molar-refractivity contribution is 5.76. The number of rotatable bonds is 8. The Labute approximate surface area is 108 Å². The molecule has 0 spiro atoms. The summed E-state index contributed by atoms with van der Waals surface area (Å²) < 4.78 is 0. The molecule has 2 heteroatoms. The maximum atomic E-state index is 11.6. The number of unbranched alkanes of at least 4 members (excludes halogenated alkanes) is 3. The van der Waals surface area contributed by atoms with Gasteiger partial charge in [0.1, 0.15) is 0 Å². The minimum atomic E-state index is -0.0958. The van der Waals surface area contributed by atoms with E-state index in [1.165, 1.54) is 32.1 Å². The average molecular weight is 241 g/mol. The van der Waals surface area contributed by atoms with E-state index in [1.807, 2.05) is 20.8 Å². The molecule has 0 aliphatic heterocycles. The van der Waals surface area contributed by atoms with Gasteiger partial charge in [0.25, 0.3) is 0 Å². The molecule has 2 nitrogen and oxygen atoms in total. The van der Waals surface area contributed by atoms with E-state index in [0.717, 1.165) is 6.42 Å². The molecule has 0 aromatic rings. The zero-order valence-corrected chi connectivity index (χ0v) is 12.4. The lowest BCUT2D eigenvalue weighted by Crippen LogP contribution is -2.40. The van der Waals surface area contributed by atoms with E-state index in [-0.39, 0.29) is 11.4 Å². The van der Waals surface area contributed by atoms with E-state index in [2.05, 4.69) is 19.2 Å². The highest BCUT2D eigenvalue weighted by Crippen LogP contribution is 2.15. The Hall–Kier alpha value is -0.530. The van der Waals surface area contributed by atoms with Gasteiger partial charge in [-0.1, -0.05) is 46.0 Å². The van der Waals surface area contributed by atoms with Crippen molar-refractivity contribution < 1.29 is 4.79 Å². The SMILES string of the molecule is CCCCCCC(C)CCC(=O)NC(C)(C)C. The fourth-order valence-electron chi connectivity index (χ4n) is 1.92. The van der Waals surface area contributed by atoms with Crippen LogP contribution >= 0.6 is 0 Å². The van der Waals surface area contributed by atoms with Gasteiger partial charge in [0.15, 0.2) is 0 Å². The topological polar surface area (TPSA) is 29.1 Å². The minimum absolute atomic E-state index is 0.0958. The van der Waals surface area contributed by atoms with E-state index in [9.17, 15) is 4.79 Å². The van der Waals surface area contributed by atoms with Gasteiger partial charge in [-0.05, 0) is 33.1 Å². The normalized spacial score (nSPS) is 13.5. The van der Waals surface area contributed by atoms with Crippen LogP contribution < -0.4 is 5.32 Å². The molecule has 1 amide bonds. The third kappa shape index (κ3) is 11.7. The van der Waals surface area contributed by atoms with Crippen molar-refractivity contribution in [3.63, 3.8) is 0 Å². The minimum Gasteiger partial charge on any atom is -0.352 e. The van der Waals surface area contributed by atoms with Crippen LogP contribution in [-0.2, 0) is 4.79 Å². The Balaban J connectivity index is 3.55. The monoisotopic (exact) mass is 241 g/mol. The summed E-state index contributed by atoms with van der Waals surface area (Å²) in [5, 5.41) is 3.01. The first-order valence-corrected chi connectivity index (χ1v) is 7.16. The van der Waals surface area contributed by atoms with Gasteiger partial charge in [0, 0.05) is 12.0 Å². The van der Waals surface area contributed by atoms with Crippen molar-refractivity contribution in [2.24, 2.45) is 5.92 Å². The molecule has 0 aromatic heterocycles. The molecule has 0 aliphatic rings. The molecule has 1 atom stereocenters. The van der Waals surface area contributed by atoms with Crippen LogP contribution in [0.2, 0.25) is 0 Å². The third-order valence-electron chi connectivity index (χ3n) is 2.93. The highest BCUT2D eigenvalue weighted by Gasteiger charge is 2.14. The predicted molar refractivity (Wildman–Crippen MR) is 75.1 cm³/mol. The molecule has 0 radical (unpaired) electrons. The number of nitrogens with one attached hydrogen (secondary N) is 1. The van der Waals surface area contributed by atoms with Crippen molar-refractivity contribution in [1.29, 1.82) is 0 Å². The van der Waals surface area contributed by atoms with Gasteiger partial charge < -0.3 is 5.32 Å². The van der Waals surface area contributed by atoms with Gasteiger partial charge in [-0.2, -0.15) is 0 Å². The predicted octanol–water partition coefficient (Wildman–Crippen LogP) is 4.29. The van der Waals surface area contributed by atoms with Gasteiger partial charge in [-0.3, -0.25) is 4.79 Å². The summed E-state index contributed by atoms with van der Waals surface area (Å²) in [4.78, 5) is 11.6. The van der Waals surface area contributed by atoms with E-state index < -0.39 is 0 Å². The molecule has 102 valence electrons. The van der Waals surface area contributed by atoms with E-state index in [0.29, 0.717) is 12.3 Å². The van der Waals surface area contributed by atoms with Crippen LogP contribution in [0.1, 0.15) is 79.6 Å². The summed E-state index contributed by atoms with van der Waals surface area (Å²) in [6.45, 7) is 10.6. The lowest BCUT2D eigenvalue weighted by atomic mass is 9.97.